The predicted octanol–water partition coefficient (Wildman–Crippen LogP) is 3.67. The number of benzene rings is 1. The molecule has 4 nitrogen and oxygen atoms in total. The molecule has 1 aliphatic heterocycles. The summed E-state index contributed by atoms with van der Waals surface area (Å²) >= 11 is 1.67. The van der Waals surface area contributed by atoms with Gasteiger partial charge in [0, 0.05) is 13.0 Å². The Kier molecular flexibility index (Phi) is 6.31. The first kappa shape index (κ1) is 16.9. The van der Waals surface area contributed by atoms with Crippen molar-refractivity contribution < 1.29 is 9.59 Å². The molecule has 1 aromatic carbocycles. The maximum atomic E-state index is 12.3. The molecule has 1 aromatic rings. The molecule has 2 rings (SSSR count). The second-order valence-corrected chi connectivity index (χ2v) is 6.97. The number of amides is 2. The average Bonchev–Trinajstić information content (AvgIpc) is 2.94. The van der Waals surface area contributed by atoms with Crippen molar-refractivity contribution in [3.8, 4) is 0 Å². The van der Waals surface area contributed by atoms with Crippen molar-refractivity contribution >= 4 is 35.0 Å². The fourth-order valence-corrected chi connectivity index (χ4v) is 3.45. The zero-order chi connectivity index (χ0) is 15.9. The van der Waals surface area contributed by atoms with E-state index in [1.807, 2.05) is 31.2 Å². The molecule has 1 fully saturated rings. The standard InChI is InChI=1S/C17H24N2O2S/c1-3-4-12-22-13(2)17(21)18-14-8-5-6-9-15(14)19-11-7-10-16(19)20/h5-6,8-9,13H,3-4,7,10-12H2,1-2H3,(H,18,21). The minimum atomic E-state index is -0.0890. The highest BCUT2D eigenvalue weighted by atomic mass is 32.2. The summed E-state index contributed by atoms with van der Waals surface area (Å²) in [6.45, 7) is 4.81. The second kappa shape index (κ2) is 8.22. The molecule has 1 atom stereocenters. The molecule has 0 saturated carbocycles. The molecular weight excluding hydrogens is 296 g/mol. The van der Waals surface area contributed by atoms with Gasteiger partial charge in [-0.1, -0.05) is 25.5 Å². The SMILES string of the molecule is CCCCSC(C)C(=O)Nc1ccccc1N1CCCC1=O. The van der Waals surface area contributed by atoms with Gasteiger partial charge in [-0.3, -0.25) is 9.59 Å². The van der Waals surface area contributed by atoms with Crippen LogP contribution in [0.2, 0.25) is 0 Å². The van der Waals surface area contributed by atoms with E-state index in [1.165, 1.54) is 0 Å². The van der Waals surface area contributed by atoms with Crippen LogP contribution in [0.1, 0.15) is 39.5 Å². The zero-order valence-corrected chi connectivity index (χ0v) is 14.1. The van der Waals surface area contributed by atoms with Gasteiger partial charge in [0.2, 0.25) is 11.8 Å². The number of anilines is 2. The molecule has 0 bridgehead atoms. The molecule has 1 saturated heterocycles. The number of carbonyl (C=O) groups excluding carboxylic acids is 2. The lowest BCUT2D eigenvalue weighted by Gasteiger charge is -2.21. The molecule has 0 radical (unpaired) electrons. The minimum Gasteiger partial charge on any atom is -0.323 e. The first-order valence-corrected chi connectivity index (χ1v) is 9.00. The molecule has 1 N–H and O–H groups in total. The number of hydrogen-bond acceptors (Lipinski definition) is 3. The van der Waals surface area contributed by atoms with Crippen LogP contribution in [0.15, 0.2) is 24.3 Å². The quantitative estimate of drug-likeness (QED) is 0.780. The van der Waals surface area contributed by atoms with E-state index in [0.29, 0.717) is 6.42 Å². The van der Waals surface area contributed by atoms with Crippen LogP contribution in [0.25, 0.3) is 0 Å². The summed E-state index contributed by atoms with van der Waals surface area (Å²) in [7, 11) is 0. The Hall–Kier alpha value is -1.49. The van der Waals surface area contributed by atoms with E-state index in [-0.39, 0.29) is 17.1 Å². The van der Waals surface area contributed by atoms with Crippen molar-refractivity contribution in [2.24, 2.45) is 0 Å². The smallest absolute Gasteiger partial charge is 0.237 e. The van der Waals surface area contributed by atoms with Gasteiger partial charge in [0.1, 0.15) is 0 Å². The Morgan fingerprint density at radius 1 is 1.41 bits per heavy atom. The van der Waals surface area contributed by atoms with E-state index in [4.69, 9.17) is 0 Å². The summed E-state index contributed by atoms with van der Waals surface area (Å²) < 4.78 is 0. The van der Waals surface area contributed by atoms with E-state index >= 15 is 0 Å². The summed E-state index contributed by atoms with van der Waals surface area (Å²) in [6.07, 6.45) is 3.73. The number of nitrogens with one attached hydrogen (secondary N) is 1. The summed E-state index contributed by atoms with van der Waals surface area (Å²) in [5.41, 5.74) is 1.54. The number of rotatable bonds is 7. The Balaban J connectivity index is 2.03. The summed E-state index contributed by atoms with van der Waals surface area (Å²) in [5, 5.41) is 2.89. The molecule has 0 spiro atoms. The molecule has 5 heteroatoms. The lowest BCUT2D eigenvalue weighted by Crippen LogP contribution is -2.27. The van der Waals surface area contributed by atoms with E-state index in [0.717, 1.165) is 42.9 Å². The molecule has 2 amide bonds. The number of carbonyl (C=O) groups is 2. The van der Waals surface area contributed by atoms with Gasteiger partial charge in [-0.05, 0) is 37.7 Å². The van der Waals surface area contributed by atoms with Gasteiger partial charge in [-0.2, -0.15) is 0 Å². The highest BCUT2D eigenvalue weighted by Crippen LogP contribution is 2.30. The summed E-state index contributed by atoms with van der Waals surface area (Å²) in [5.74, 6) is 1.13. The Morgan fingerprint density at radius 3 is 2.86 bits per heavy atom. The van der Waals surface area contributed by atoms with Crippen LogP contribution in [-0.2, 0) is 9.59 Å². The van der Waals surface area contributed by atoms with Crippen LogP contribution in [0.4, 0.5) is 11.4 Å². The third kappa shape index (κ3) is 4.26. The fraction of sp³-hybridized carbons (Fsp3) is 0.529. The molecule has 1 unspecified atom stereocenters. The van der Waals surface area contributed by atoms with Gasteiger partial charge in [0.05, 0.1) is 16.6 Å². The first-order chi connectivity index (χ1) is 10.6. The summed E-state index contributed by atoms with van der Waals surface area (Å²) in [6, 6.07) is 7.54. The number of para-hydroxylation sites is 2. The predicted molar refractivity (Wildman–Crippen MR) is 93.5 cm³/mol. The Labute approximate surface area is 136 Å². The van der Waals surface area contributed by atoms with E-state index in [9.17, 15) is 9.59 Å². The fourth-order valence-electron chi connectivity index (χ4n) is 2.43. The third-order valence-electron chi connectivity index (χ3n) is 3.76. The highest BCUT2D eigenvalue weighted by Gasteiger charge is 2.24. The zero-order valence-electron chi connectivity index (χ0n) is 13.3. The van der Waals surface area contributed by atoms with Crippen LogP contribution in [0, 0.1) is 0 Å². The minimum absolute atomic E-state index is 0.000184. The first-order valence-electron chi connectivity index (χ1n) is 7.95. The lowest BCUT2D eigenvalue weighted by molar-refractivity contribution is -0.117. The van der Waals surface area contributed by atoms with Crippen molar-refractivity contribution in [2.45, 2.75) is 44.8 Å². The largest absolute Gasteiger partial charge is 0.323 e. The third-order valence-corrected chi connectivity index (χ3v) is 5.00. The molecular formula is C17H24N2O2S. The monoisotopic (exact) mass is 320 g/mol. The Bertz CT molecular complexity index is 533. The number of thioether (sulfide) groups is 1. The van der Waals surface area contributed by atoms with Crippen molar-refractivity contribution in [2.75, 3.05) is 22.5 Å². The molecule has 0 aliphatic carbocycles. The second-order valence-electron chi connectivity index (χ2n) is 5.52. The van der Waals surface area contributed by atoms with Crippen LogP contribution < -0.4 is 10.2 Å². The highest BCUT2D eigenvalue weighted by molar-refractivity contribution is 8.00. The maximum Gasteiger partial charge on any atom is 0.237 e. The van der Waals surface area contributed by atoms with Gasteiger partial charge in [0.25, 0.3) is 0 Å². The molecule has 1 heterocycles. The van der Waals surface area contributed by atoms with Gasteiger partial charge in [0.15, 0.2) is 0 Å². The van der Waals surface area contributed by atoms with Crippen molar-refractivity contribution in [3.63, 3.8) is 0 Å². The number of nitrogens with zero attached hydrogens (tertiary/aromatic N) is 1. The van der Waals surface area contributed by atoms with Crippen molar-refractivity contribution in [1.29, 1.82) is 0 Å². The average molecular weight is 320 g/mol. The van der Waals surface area contributed by atoms with E-state index in [2.05, 4.69) is 12.2 Å². The molecule has 1 aliphatic rings. The number of hydrogen-bond donors (Lipinski definition) is 1. The number of unbranched alkanes of at least 4 members (excludes halogenated alkanes) is 1. The van der Waals surface area contributed by atoms with Crippen molar-refractivity contribution in [3.05, 3.63) is 24.3 Å². The van der Waals surface area contributed by atoms with Crippen LogP contribution in [0.3, 0.4) is 0 Å². The topological polar surface area (TPSA) is 49.4 Å². The Morgan fingerprint density at radius 2 is 2.18 bits per heavy atom. The van der Waals surface area contributed by atoms with Crippen LogP contribution in [0.5, 0.6) is 0 Å². The van der Waals surface area contributed by atoms with E-state index in [1.54, 1.807) is 16.7 Å². The van der Waals surface area contributed by atoms with Gasteiger partial charge in [-0.25, -0.2) is 0 Å². The molecule has 0 aromatic heterocycles. The van der Waals surface area contributed by atoms with Crippen LogP contribution in [-0.4, -0.2) is 29.4 Å². The maximum absolute atomic E-state index is 12.3. The molecule has 120 valence electrons. The summed E-state index contributed by atoms with van der Waals surface area (Å²) in [4.78, 5) is 26.0. The van der Waals surface area contributed by atoms with E-state index < -0.39 is 0 Å². The van der Waals surface area contributed by atoms with Crippen LogP contribution >= 0.6 is 11.8 Å². The lowest BCUT2D eigenvalue weighted by atomic mass is 10.2. The van der Waals surface area contributed by atoms with Crippen molar-refractivity contribution in [1.82, 2.24) is 0 Å². The normalized spacial score (nSPS) is 15.9. The molecule has 22 heavy (non-hydrogen) atoms. The van der Waals surface area contributed by atoms with Gasteiger partial charge in [-0.15, -0.1) is 11.8 Å². The van der Waals surface area contributed by atoms with Gasteiger partial charge < -0.3 is 10.2 Å². The van der Waals surface area contributed by atoms with Gasteiger partial charge >= 0.3 is 0 Å².